The van der Waals surface area contributed by atoms with Gasteiger partial charge in [-0.3, -0.25) is 4.79 Å². The highest BCUT2D eigenvalue weighted by Crippen LogP contribution is 2.38. The lowest BCUT2D eigenvalue weighted by atomic mass is 9.93. The van der Waals surface area contributed by atoms with Crippen LogP contribution < -0.4 is 10.5 Å². The van der Waals surface area contributed by atoms with Crippen LogP contribution in [0.4, 0.5) is 26.3 Å². The van der Waals surface area contributed by atoms with E-state index in [-0.39, 0.29) is 5.56 Å². The monoisotopic (exact) mass is 443 g/mol. The van der Waals surface area contributed by atoms with Gasteiger partial charge in [0.1, 0.15) is 5.75 Å². The molecule has 2 aromatic rings. The summed E-state index contributed by atoms with van der Waals surface area (Å²) in [4.78, 5) is 10.6. The summed E-state index contributed by atoms with van der Waals surface area (Å²) in [5.74, 6) is -1.45. The van der Waals surface area contributed by atoms with E-state index in [2.05, 4.69) is 0 Å². The van der Waals surface area contributed by atoms with Gasteiger partial charge in [-0.25, -0.2) is 0 Å². The Bertz CT molecular complexity index is 806. The molecular formula is C18H16ClF6NO3. The maximum atomic E-state index is 12.6. The number of methoxy groups -OCH3 is 1. The molecule has 0 bridgehead atoms. The molecule has 0 fully saturated rings. The van der Waals surface area contributed by atoms with E-state index in [1.54, 1.807) is 0 Å². The van der Waals surface area contributed by atoms with Crippen LogP contribution in [0, 0.1) is 0 Å². The molecule has 11 heteroatoms. The van der Waals surface area contributed by atoms with E-state index in [1.165, 1.54) is 31.4 Å². The molecule has 0 spiro atoms. The van der Waals surface area contributed by atoms with Gasteiger partial charge in [-0.05, 0) is 42.0 Å². The number of halogens is 7. The normalized spacial score (nSPS) is 13.7. The van der Waals surface area contributed by atoms with Gasteiger partial charge in [0.15, 0.2) is 5.60 Å². The number of ether oxygens (including phenoxy) is 1. The minimum atomic E-state index is -4.83. The Morgan fingerprint density at radius 1 is 1.00 bits per heavy atom. The quantitative estimate of drug-likeness (QED) is 0.539. The van der Waals surface area contributed by atoms with Crippen LogP contribution in [0.25, 0.3) is 0 Å². The maximum absolute atomic E-state index is 12.6. The average molecular weight is 444 g/mol. The van der Waals surface area contributed by atoms with Crippen LogP contribution in [-0.4, -0.2) is 36.9 Å². The Hall–Kier alpha value is -2.30. The lowest BCUT2D eigenvalue weighted by Gasteiger charge is -2.29. The number of nitrogens with two attached hydrogens (primary N) is 1. The van der Waals surface area contributed by atoms with Crippen molar-refractivity contribution >= 4 is 17.4 Å². The molecule has 0 heterocycles. The molecule has 1 unspecified atom stereocenters. The van der Waals surface area contributed by atoms with Gasteiger partial charge >= 0.3 is 12.4 Å². The molecule has 4 nitrogen and oxygen atoms in total. The molecule has 0 amide bonds. The van der Waals surface area contributed by atoms with E-state index >= 15 is 0 Å². The van der Waals surface area contributed by atoms with Crippen molar-refractivity contribution in [3.8, 4) is 5.75 Å². The fourth-order valence-corrected chi connectivity index (χ4v) is 2.15. The van der Waals surface area contributed by atoms with Crippen molar-refractivity contribution in [2.24, 2.45) is 5.73 Å². The zero-order valence-corrected chi connectivity index (χ0v) is 15.6. The van der Waals surface area contributed by atoms with Crippen LogP contribution in [0.1, 0.15) is 15.9 Å². The van der Waals surface area contributed by atoms with Crippen LogP contribution in [-0.2, 0) is 5.60 Å². The largest absolute Gasteiger partial charge is 0.497 e. The summed E-state index contributed by atoms with van der Waals surface area (Å²) in [6.45, 7) is -0.928. The van der Waals surface area contributed by atoms with E-state index in [9.17, 15) is 36.2 Å². The zero-order chi connectivity index (χ0) is 22.5. The van der Waals surface area contributed by atoms with Crippen molar-refractivity contribution in [3.63, 3.8) is 0 Å². The fraction of sp³-hybridized carbons (Fsp3) is 0.278. The zero-order valence-electron chi connectivity index (χ0n) is 14.8. The minimum absolute atomic E-state index is 0.290. The smallest absolute Gasteiger partial charge is 0.454 e. The number of hydrogen-bond donors (Lipinski definition) is 2. The van der Waals surface area contributed by atoms with Gasteiger partial charge in [-0.2, -0.15) is 26.3 Å². The molecule has 3 N–H and O–H groups in total. The first-order chi connectivity index (χ1) is 13.3. The maximum Gasteiger partial charge on any atom is 0.454 e. The summed E-state index contributed by atoms with van der Waals surface area (Å²) in [7, 11) is 1.40. The SMILES string of the molecule is COc1ccc(C(O)(CN)C(F)(F)F)cc1.O=C(c1ccc(Cl)cc1)C(F)(F)F. The summed E-state index contributed by atoms with van der Waals surface area (Å²) in [5, 5.41) is 9.79. The van der Waals surface area contributed by atoms with Crippen molar-refractivity contribution in [2.45, 2.75) is 18.0 Å². The van der Waals surface area contributed by atoms with Gasteiger partial charge in [0, 0.05) is 17.1 Å². The van der Waals surface area contributed by atoms with E-state index in [1.807, 2.05) is 0 Å². The molecule has 29 heavy (non-hydrogen) atoms. The highest BCUT2D eigenvalue weighted by Gasteiger charge is 2.54. The average Bonchev–Trinajstić information content (AvgIpc) is 2.66. The van der Waals surface area contributed by atoms with Gasteiger partial charge in [-0.1, -0.05) is 23.7 Å². The number of carbonyl (C=O) groups is 1. The number of ketones is 1. The van der Waals surface area contributed by atoms with Crippen molar-refractivity contribution in [1.82, 2.24) is 0 Å². The van der Waals surface area contributed by atoms with E-state index in [0.29, 0.717) is 10.8 Å². The third-order valence-electron chi connectivity index (χ3n) is 3.70. The van der Waals surface area contributed by atoms with E-state index in [0.717, 1.165) is 24.3 Å². The number of benzene rings is 2. The Labute approximate surface area is 166 Å². The molecule has 160 valence electrons. The second kappa shape index (κ2) is 9.47. The first kappa shape index (κ1) is 24.7. The molecule has 1 atom stereocenters. The lowest BCUT2D eigenvalue weighted by molar-refractivity contribution is -0.262. The Morgan fingerprint density at radius 2 is 1.48 bits per heavy atom. The first-order valence-corrected chi connectivity index (χ1v) is 8.15. The van der Waals surface area contributed by atoms with E-state index in [4.69, 9.17) is 22.1 Å². The van der Waals surface area contributed by atoms with Gasteiger partial charge < -0.3 is 15.6 Å². The van der Waals surface area contributed by atoms with E-state index < -0.39 is 35.8 Å². The van der Waals surface area contributed by atoms with Gasteiger partial charge in [0.2, 0.25) is 0 Å². The Balaban J connectivity index is 0.000000296. The molecule has 0 aliphatic rings. The molecule has 2 rings (SSSR count). The molecule has 2 aromatic carbocycles. The number of hydrogen-bond acceptors (Lipinski definition) is 4. The highest BCUT2D eigenvalue weighted by atomic mass is 35.5. The van der Waals surface area contributed by atoms with Crippen molar-refractivity contribution < 1.29 is 41.0 Å². The number of aliphatic hydroxyl groups is 1. The minimum Gasteiger partial charge on any atom is -0.497 e. The van der Waals surface area contributed by atoms with Crippen LogP contribution >= 0.6 is 11.6 Å². The second-order valence-electron chi connectivity index (χ2n) is 5.62. The van der Waals surface area contributed by atoms with Crippen LogP contribution in [0.15, 0.2) is 48.5 Å². The highest BCUT2D eigenvalue weighted by molar-refractivity contribution is 6.30. The number of alkyl halides is 6. The molecule has 0 aromatic heterocycles. The number of carbonyl (C=O) groups excluding carboxylic acids is 1. The number of Topliss-reactive ketones (excluding diaryl/α,β-unsaturated/α-hetero) is 1. The lowest BCUT2D eigenvalue weighted by Crippen LogP contribution is -2.48. The third kappa shape index (κ3) is 6.34. The first-order valence-electron chi connectivity index (χ1n) is 7.77. The van der Waals surface area contributed by atoms with Crippen LogP contribution in [0.5, 0.6) is 5.75 Å². The van der Waals surface area contributed by atoms with Crippen molar-refractivity contribution in [2.75, 3.05) is 13.7 Å². The van der Waals surface area contributed by atoms with Gasteiger partial charge in [0.25, 0.3) is 5.78 Å². The summed E-state index contributed by atoms with van der Waals surface area (Å²) < 4.78 is 78.2. The third-order valence-corrected chi connectivity index (χ3v) is 3.95. The summed E-state index contributed by atoms with van der Waals surface area (Å²) in [6, 6.07) is 9.50. The Kier molecular flexibility index (Phi) is 8.07. The second-order valence-corrected chi connectivity index (χ2v) is 6.06. The summed E-state index contributed by atoms with van der Waals surface area (Å²) >= 11 is 5.44. The van der Waals surface area contributed by atoms with Crippen LogP contribution in [0.3, 0.4) is 0 Å². The summed E-state index contributed by atoms with van der Waals surface area (Å²) in [6.07, 6.45) is -9.63. The summed E-state index contributed by atoms with van der Waals surface area (Å²) in [5.41, 5.74) is 1.27. The van der Waals surface area contributed by atoms with Crippen molar-refractivity contribution in [3.05, 3.63) is 64.7 Å². The fourth-order valence-electron chi connectivity index (χ4n) is 2.03. The molecule has 0 aliphatic heterocycles. The molecular weight excluding hydrogens is 428 g/mol. The molecule has 0 saturated heterocycles. The predicted octanol–water partition coefficient (Wildman–Crippen LogP) is 4.49. The standard InChI is InChI=1S/C10H12F3NO2.C8H4ClF3O/c1-16-8-4-2-7(3-5-8)9(15,6-14)10(11,12)13;9-6-3-1-5(2-4-6)7(13)8(10,11)12/h2-5,15H,6,14H2,1H3;1-4H. The molecule has 0 saturated carbocycles. The topological polar surface area (TPSA) is 72.6 Å². The number of rotatable bonds is 4. The predicted molar refractivity (Wildman–Crippen MR) is 93.8 cm³/mol. The molecule has 0 aliphatic carbocycles. The van der Waals surface area contributed by atoms with Crippen molar-refractivity contribution in [1.29, 1.82) is 0 Å². The molecule has 0 radical (unpaired) electrons. The van der Waals surface area contributed by atoms with Crippen LogP contribution in [0.2, 0.25) is 5.02 Å². The Morgan fingerprint density at radius 3 is 1.83 bits per heavy atom. The van der Waals surface area contributed by atoms with Gasteiger partial charge in [0.05, 0.1) is 7.11 Å². The van der Waals surface area contributed by atoms with Gasteiger partial charge in [-0.15, -0.1) is 0 Å².